The molecule has 0 aliphatic heterocycles. The van der Waals surface area contributed by atoms with Crippen molar-refractivity contribution in [2.45, 2.75) is 37.9 Å². The lowest BCUT2D eigenvalue weighted by molar-refractivity contribution is 0.0467. The van der Waals surface area contributed by atoms with Crippen LogP contribution < -0.4 is 0 Å². The van der Waals surface area contributed by atoms with Gasteiger partial charge in [-0.2, -0.15) is 0 Å². The van der Waals surface area contributed by atoms with Crippen LogP contribution in [0.5, 0.6) is 0 Å². The van der Waals surface area contributed by atoms with Gasteiger partial charge in [-0.3, -0.25) is 0 Å². The number of benzene rings is 1. The van der Waals surface area contributed by atoms with Gasteiger partial charge >= 0.3 is 0 Å². The van der Waals surface area contributed by atoms with Crippen molar-refractivity contribution in [2.24, 2.45) is 5.92 Å². The Kier molecular flexibility index (Phi) is 7.76. The molecule has 1 heterocycles. The van der Waals surface area contributed by atoms with E-state index in [-0.39, 0.29) is 18.5 Å². The van der Waals surface area contributed by atoms with Crippen molar-refractivity contribution in [1.82, 2.24) is 4.98 Å². The van der Waals surface area contributed by atoms with Crippen molar-refractivity contribution in [3.8, 4) is 0 Å². The minimum Gasteiger partial charge on any atom is -0.383 e. The van der Waals surface area contributed by atoms with Crippen LogP contribution in [0.4, 0.5) is 0 Å². The van der Waals surface area contributed by atoms with E-state index >= 15 is 0 Å². The number of ether oxygens (including phenoxy) is 2. The Bertz CT molecular complexity index is 772. The molecular formula is C19H27NO4S2. The Morgan fingerprint density at radius 3 is 2.42 bits per heavy atom. The zero-order valence-corrected chi connectivity index (χ0v) is 17.3. The third-order valence-electron chi connectivity index (χ3n) is 3.87. The largest absolute Gasteiger partial charge is 0.383 e. The molecule has 0 N–H and O–H groups in total. The van der Waals surface area contributed by atoms with Crippen LogP contribution in [0.1, 0.15) is 48.4 Å². The summed E-state index contributed by atoms with van der Waals surface area (Å²) in [7, 11) is -1.94. The quantitative estimate of drug-likeness (QED) is 0.602. The van der Waals surface area contributed by atoms with Gasteiger partial charge < -0.3 is 9.47 Å². The highest BCUT2D eigenvalue weighted by molar-refractivity contribution is 7.90. The summed E-state index contributed by atoms with van der Waals surface area (Å²) in [5, 5.41) is 1.91. The molecule has 7 heteroatoms. The molecule has 0 saturated carbocycles. The molecule has 0 radical (unpaired) electrons. The number of sulfone groups is 1. The van der Waals surface area contributed by atoms with Gasteiger partial charge in [0.15, 0.2) is 9.84 Å². The zero-order chi connectivity index (χ0) is 19.2. The van der Waals surface area contributed by atoms with Crippen LogP contribution in [-0.2, 0) is 25.1 Å². The van der Waals surface area contributed by atoms with Crippen molar-refractivity contribution in [3.63, 3.8) is 0 Å². The van der Waals surface area contributed by atoms with Gasteiger partial charge in [0.1, 0.15) is 16.4 Å². The van der Waals surface area contributed by atoms with Crippen LogP contribution in [0.25, 0.3) is 0 Å². The first-order valence-electron chi connectivity index (χ1n) is 8.64. The van der Waals surface area contributed by atoms with Crippen LogP contribution in [0.15, 0.2) is 35.7 Å². The molecular weight excluding hydrogens is 370 g/mol. The molecule has 5 nitrogen and oxygen atoms in total. The van der Waals surface area contributed by atoms with Gasteiger partial charge in [-0.25, -0.2) is 13.4 Å². The molecule has 26 heavy (non-hydrogen) atoms. The number of hydrogen-bond acceptors (Lipinski definition) is 6. The summed E-state index contributed by atoms with van der Waals surface area (Å²) in [4.78, 5) is 4.48. The summed E-state index contributed by atoms with van der Waals surface area (Å²) in [6.45, 7) is 6.89. The highest BCUT2D eigenvalue weighted by Crippen LogP contribution is 2.28. The van der Waals surface area contributed by atoms with Crippen molar-refractivity contribution in [3.05, 3.63) is 52.0 Å². The zero-order valence-electron chi connectivity index (χ0n) is 15.7. The Morgan fingerprint density at radius 2 is 1.81 bits per heavy atom. The first-order chi connectivity index (χ1) is 12.3. The van der Waals surface area contributed by atoms with E-state index in [0.717, 1.165) is 10.6 Å². The monoisotopic (exact) mass is 397 g/mol. The fraction of sp³-hybridized carbons (Fsp3) is 0.526. The molecule has 0 amide bonds. The number of thiazole rings is 1. The Labute approximate surface area is 160 Å². The second kappa shape index (κ2) is 9.60. The number of rotatable bonds is 10. The average Bonchev–Trinajstić information content (AvgIpc) is 3.06. The second-order valence-electron chi connectivity index (χ2n) is 6.71. The maximum absolute atomic E-state index is 12.9. The Morgan fingerprint density at radius 1 is 1.12 bits per heavy atom. The van der Waals surface area contributed by atoms with Gasteiger partial charge in [-0.05, 0) is 18.4 Å². The van der Waals surface area contributed by atoms with Crippen LogP contribution in [0.2, 0.25) is 0 Å². The van der Waals surface area contributed by atoms with Crippen molar-refractivity contribution >= 4 is 21.2 Å². The highest BCUT2D eigenvalue weighted by Gasteiger charge is 2.28. The molecule has 0 saturated heterocycles. The fourth-order valence-electron chi connectivity index (χ4n) is 2.52. The van der Waals surface area contributed by atoms with Crippen molar-refractivity contribution in [2.75, 3.05) is 20.3 Å². The third-order valence-corrected chi connectivity index (χ3v) is 6.90. The summed E-state index contributed by atoms with van der Waals surface area (Å²) >= 11 is 1.44. The van der Waals surface area contributed by atoms with Gasteiger partial charge in [0.05, 0.1) is 18.1 Å². The minimum atomic E-state index is -3.45. The molecule has 0 fully saturated rings. The number of hydrogen-bond donors (Lipinski definition) is 0. The second-order valence-corrected chi connectivity index (χ2v) is 9.78. The van der Waals surface area contributed by atoms with E-state index in [1.165, 1.54) is 18.4 Å². The lowest BCUT2D eigenvalue weighted by atomic mass is 10.1. The first kappa shape index (κ1) is 21.0. The number of nitrogens with zero attached hydrogens (tertiary/aromatic N) is 1. The smallest absolute Gasteiger partial charge is 0.165 e. The summed E-state index contributed by atoms with van der Waals surface area (Å²) in [5.74, 6) is 0.335. The van der Waals surface area contributed by atoms with Gasteiger partial charge in [0, 0.05) is 19.1 Å². The Hall–Kier alpha value is -1.28. The minimum absolute atomic E-state index is 0.108. The van der Waals surface area contributed by atoms with Gasteiger partial charge in [0.2, 0.25) is 0 Å². The highest BCUT2D eigenvalue weighted by atomic mass is 32.2. The van der Waals surface area contributed by atoms with Gasteiger partial charge in [-0.15, -0.1) is 11.3 Å². The molecule has 1 aromatic heterocycles. The summed E-state index contributed by atoms with van der Waals surface area (Å²) in [6, 6.07) is 9.17. The fourth-order valence-corrected chi connectivity index (χ4v) is 5.12. The lowest BCUT2D eigenvalue weighted by Gasteiger charge is -2.17. The van der Waals surface area contributed by atoms with E-state index < -0.39 is 15.1 Å². The van der Waals surface area contributed by atoms with Crippen LogP contribution in [0.3, 0.4) is 0 Å². The van der Waals surface area contributed by atoms with E-state index in [2.05, 4.69) is 18.8 Å². The summed E-state index contributed by atoms with van der Waals surface area (Å²) in [6.07, 6.45) is -0.136. The van der Waals surface area contributed by atoms with Crippen molar-refractivity contribution < 1.29 is 17.9 Å². The molecule has 0 aliphatic rings. The topological polar surface area (TPSA) is 65.5 Å². The van der Waals surface area contributed by atoms with Gasteiger partial charge in [0.25, 0.3) is 0 Å². The number of methoxy groups -OCH3 is 1. The molecule has 0 aliphatic carbocycles. The van der Waals surface area contributed by atoms with E-state index in [1.54, 1.807) is 5.38 Å². The van der Waals surface area contributed by atoms with E-state index in [0.29, 0.717) is 18.2 Å². The Balaban J connectivity index is 2.13. The lowest BCUT2D eigenvalue weighted by Crippen LogP contribution is -2.20. The third kappa shape index (κ3) is 5.87. The van der Waals surface area contributed by atoms with Crippen LogP contribution in [-0.4, -0.2) is 33.7 Å². The number of aromatic nitrogens is 1. The maximum Gasteiger partial charge on any atom is 0.165 e. The van der Waals surface area contributed by atoms with Gasteiger partial charge in [-0.1, -0.05) is 44.2 Å². The molecule has 2 aromatic rings. The molecule has 2 unspecified atom stereocenters. The molecule has 2 atom stereocenters. The van der Waals surface area contributed by atoms with E-state index in [9.17, 15) is 8.42 Å². The molecule has 144 valence electrons. The first-order valence-corrected chi connectivity index (χ1v) is 11.2. The summed E-state index contributed by atoms with van der Waals surface area (Å²) in [5.41, 5.74) is 1.29. The van der Waals surface area contributed by atoms with Crippen LogP contribution >= 0.6 is 11.3 Å². The molecule has 1 aromatic carbocycles. The predicted molar refractivity (Wildman–Crippen MR) is 105 cm³/mol. The van der Waals surface area contributed by atoms with E-state index in [4.69, 9.17) is 9.47 Å². The van der Waals surface area contributed by atoms with Crippen LogP contribution in [0, 0.1) is 5.92 Å². The molecule has 0 bridgehead atoms. The average molecular weight is 398 g/mol. The standard InChI is InChI=1S/C19H27NO4S2/c1-14(2)10-24-15(3)19-20-17(12-25-19)13-26(21,22)18(11-23-4)16-8-6-5-7-9-16/h5-9,12,14-15,18H,10-11,13H2,1-4H3. The van der Waals surface area contributed by atoms with E-state index in [1.807, 2.05) is 37.3 Å². The summed E-state index contributed by atoms with van der Waals surface area (Å²) < 4.78 is 36.8. The molecule has 2 rings (SSSR count). The maximum atomic E-state index is 12.9. The van der Waals surface area contributed by atoms with Crippen molar-refractivity contribution in [1.29, 1.82) is 0 Å². The normalized spacial score (nSPS) is 14.5. The SMILES string of the molecule is COCC(c1ccccc1)S(=O)(=O)Cc1csc(C(C)OCC(C)C)n1. The predicted octanol–water partition coefficient (Wildman–Crippen LogP) is 4.18. The molecule has 0 spiro atoms.